The van der Waals surface area contributed by atoms with Crippen molar-refractivity contribution >= 4 is 0 Å². The lowest BCUT2D eigenvalue weighted by Crippen LogP contribution is -2.17. The van der Waals surface area contributed by atoms with Crippen LogP contribution in [0.25, 0.3) is 0 Å². The van der Waals surface area contributed by atoms with Gasteiger partial charge in [-0.1, -0.05) is 13.0 Å². The van der Waals surface area contributed by atoms with Gasteiger partial charge >= 0.3 is 0 Å². The monoisotopic (exact) mass is 191 g/mol. The summed E-state index contributed by atoms with van der Waals surface area (Å²) in [5.74, 6) is 1.04. The molecule has 1 saturated carbocycles. The van der Waals surface area contributed by atoms with Crippen molar-refractivity contribution in [3.63, 3.8) is 0 Å². The largest absolute Gasteiger partial charge is 0.393 e. The highest BCUT2D eigenvalue weighted by Gasteiger charge is 2.31. The number of aliphatic hydroxyl groups is 1. The first kappa shape index (κ1) is 9.66. The average molecular weight is 191 g/mol. The lowest BCUT2D eigenvalue weighted by atomic mass is 9.92. The zero-order valence-corrected chi connectivity index (χ0v) is 8.56. The molecule has 0 aliphatic heterocycles. The fourth-order valence-corrected chi connectivity index (χ4v) is 2.30. The SMILES string of the molecule is CC1C(O)CCC1Cc1ccccn1. The summed E-state index contributed by atoms with van der Waals surface area (Å²) in [5.41, 5.74) is 1.15. The van der Waals surface area contributed by atoms with Crippen LogP contribution in [0.3, 0.4) is 0 Å². The lowest BCUT2D eigenvalue weighted by Gasteiger charge is -2.16. The predicted molar refractivity (Wildman–Crippen MR) is 55.8 cm³/mol. The zero-order valence-electron chi connectivity index (χ0n) is 8.56. The van der Waals surface area contributed by atoms with E-state index in [2.05, 4.69) is 18.0 Å². The van der Waals surface area contributed by atoms with Crippen LogP contribution < -0.4 is 0 Å². The van der Waals surface area contributed by atoms with E-state index in [-0.39, 0.29) is 6.10 Å². The molecule has 1 N–H and O–H groups in total. The van der Waals surface area contributed by atoms with Gasteiger partial charge in [0.15, 0.2) is 0 Å². The highest BCUT2D eigenvalue weighted by molar-refractivity contribution is 5.05. The number of rotatable bonds is 2. The van der Waals surface area contributed by atoms with Crippen molar-refractivity contribution in [1.29, 1.82) is 0 Å². The van der Waals surface area contributed by atoms with Gasteiger partial charge in [-0.05, 0) is 43.2 Å². The highest BCUT2D eigenvalue weighted by Crippen LogP contribution is 2.33. The van der Waals surface area contributed by atoms with E-state index >= 15 is 0 Å². The number of aromatic nitrogens is 1. The minimum Gasteiger partial charge on any atom is -0.393 e. The van der Waals surface area contributed by atoms with Gasteiger partial charge in [-0.15, -0.1) is 0 Å². The van der Waals surface area contributed by atoms with Crippen molar-refractivity contribution in [3.05, 3.63) is 30.1 Å². The Balaban J connectivity index is 1.99. The molecule has 1 aromatic heterocycles. The van der Waals surface area contributed by atoms with Crippen LogP contribution in [0, 0.1) is 11.8 Å². The van der Waals surface area contributed by atoms with E-state index in [9.17, 15) is 5.11 Å². The van der Waals surface area contributed by atoms with Crippen molar-refractivity contribution < 1.29 is 5.11 Å². The molecular formula is C12H17NO. The van der Waals surface area contributed by atoms with Crippen LogP contribution in [0.4, 0.5) is 0 Å². The van der Waals surface area contributed by atoms with E-state index in [1.807, 2.05) is 18.3 Å². The quantitative estimate of drug-likeness (QED) is 0.776. The van der Waals surface area contributed by atoms with Crippen molar-refractivity contribution in [2.75, 3.05) is 0 Å². The van der Waals surface area contributed by atoms with Gasteiger partial charge in [-0.25, -0.2) is 0 Å². The van der Waals surface area contributed by atoms with Crippen LogP contribution in [0.2, 0.25) is 0 Å². The second-order valence-electron chi connectivity index (χ2n) is 4.29. The van der Waals surface area contributed by atoms with Crippen LogP contribution in [0.15, 0.2) is 24.4 Å². The molecule has 0 aromatic carbocycles. The normalized spacial score (nSPS) is 32.0. The van der Waals surface area contributed by atoms with Crippen LogP contribution in [0.5, 0.6) is 0 Å². The molecule has 76 valence electrons. The predicted octanol–water partition coefficient (Wildman–Crippen LogP) is 2.03. The van der Waals surface area contributed by atoms with E-state index in [1.165, 1.54) is 0 Å². The summed E-state index contributed by atoms with van der Waals surface area (Å²) < 4.78 is 0. The van der Waals surface area contributed by atoms with E-state index in [4.69, 9.17) is 0 Å². The van der Waals surface area contributed by atoms with Crippen molar-refractivity contribution in [1.82, 2.24) is 4.98 Å². The van der Waals surface area contributed by atoms with Gasteiger partial charge in [0.05, 0.1) is 6.10 Å². The van der Waals surface area contributed by atoms with E-state index in [1.54, 1.807) is 0 Å². The molecule has 0 saturated heterocycles. The van der Waals surface area contributed by atoms with Gasteiger partial charge in [-0.2, -0.15) is 0 Å². The fourth-order valence-electron chi connectivity index (χ4n) is 2.30. The molecule has 1 fully saturated rings. The van der Waals surface area contributed by atoms with Crippen LogP contribution >= 0.6 is 0 Å². The maximum absolute atomic E-state index is 9.63. The van der Waals surface area contributed by atoms with Crippen LogP contribution in [-0.2, 0) is 6.42 Å². The Morgan fingerprint density at radius 2 is 2.29 bits per heavy atom. The summed E-state index contributed by atoms with van der Waals surface area (Å²) in [7, 11) is 0. The van der Waals surface area contributed by atoms with Crippen molar-refractivity contribution in [3.8, 4) is 0 Å². The minimum atomic E-state index is -0.0938. The van der Waals surface area contributed by atoms with E-state index in [0.717, 1.165) is 25.0 Å². The Labute approximate surface area is 85.0 Å². The maximum Gasteiger partial charge on any atom is 0.0568 e. The molecule has 1 aliphatic carbocycles. The summed E-state index contributed by atoms with van der Waals surface area (Å²) in [6, 6.07) is 6.03. The summed E-state index contributed by atoms with van der Waals surface area (Å²) in [6.45, 7) is 2.14. The van der Waals surface area contributed by atoms with Crippen LogP contribution in [0.1, 0.15) is 25.5 Å². The van der Waals surface area contributed by atoms with Gasteiger partial charge in [-0.3, -0.25) is 4.98 Å². The lowest BCUT2D eigenvalue weighted by molar-refractivity contribution is 0.127. The molecule has 2 heteroatoms. The molecule has 1 heterocycles. The third kappa shape index (κ3) is 1.95. The molecule has 1 aliphatic rings. The number of aliphatic hydroxyl groups excluding tert-OH is 1. The van der Waals surface area contributed by atoms with Crippen molar-refractivity contribution in [2.24, 2.45) is 11.8 Å². The first-order chi connectivity index (χ1) is 6.77. The number of hydrogen-bond donors (Lipinski definition) is 1. The smallest absolute Gasteiger partial charge is 0.0568 e. The highest BCUT2D eigenvalue weighted by atomic mass is 16.3. The third-order valence-electron chi connectivity index (χ3n) is 3.38. The molecular weight excluding hydrogens is 174 g/mol. The van der Waals surface area contributed by atoms with Gasteiger partial charge in [0.2, 0.25) is 0 Å². The molecule has 0 spiro atoms. The zero-order chi connectivity index (χ0) is 9.97. The summed E-state index contributed by atoms with van der Waals surface area (Å²) in [6.07, 6.45) is 4.85. The van der Waals surface area contributed by atoms with Crippen LogP contribution in [-0.4, -0.2) is 16.2 Å². The molecule has 2 rings (SSSR count). The topological polar surface area (TPSA) is 33.1 Å². The van der Waals surface area contributed by atoms with E-state index in [0.29, 0.717) is 11.8 Å². The fraction of sp³-hybridized carbons (Fsp3) is 0.583. The second-order valence-corrected chi connectivity index (χ2v) is 4.29. The molecule has 0 amide bonds. The van der Waals surface area contributed by atoms with Gasteiger partial charge < -0.3 is 5.11 Å². The molecule has 0 bridgehead atoms. The summed E-state index contributed by atoms with van der Waals surface area (Å²) in [4.78, 5) is 4.32. The molecule has 0 radical (unpaired) electrons. The van der Waals surface area contributed by atoms with Crippen molar-refractivity contribution in [2.45, 2.75) is 32.3 Å². The Morgan fingerprint density at radius 1 is 1.43 bits per heavy atom. The first-order valence-corrected chi connectivity index (χ1v) is 5.35. The number of hydrogen-bond acceptors (Lipinski definition) is 2. The maximum atomic E-state index is 9.63. The summed E-state index contributed by atoms with van der Waals surface area (Å²) in [5, 5.41) is 9.63. The first-order valence-electron chi connectivity index (χ1n) is 5.35. The second kappa shape index (κ2) is 4.09. The van der Waals surface area contributed by atoms with Gasteiger partial charge in [0, 0.05) is 11.9 Å². The Hall–Kier alpha value is -0.890. The third-order valence-corrected chi connectivity index (χ3v) is 3.38. The molecule has 3 atom stereocenters. The van der Waals surface area contributed by atoms with Gasteiger partial charge in [0.1, 0.15) is 0 Å². The Bertz CT molecular complexity index is 286. The Kier molecular flexibility index (Phi) is 2.82. The summed E-state index contributed by atoms with van der Waals surface area (Å²) >= 11 is 0. The average Bonchev–Trinajstić information content (AvgIpc) is 2.52. The van der Waals surface area contributed by atoms with Gasteiger partial charge in [0.25, 0.3) is 0 Å². The minimum absolute atomic E-state index is 0.0938. The van der Waals surface area contributed by atoms with E-state index < -0.39 is 0 Å². The molecule has 2 nitrogen and oxygen atoms in total. The molecule has 14 heavy (non-hydrogen) atoms. The standard InChI is InChI=1S/C12H17NO/c1-9-10(5-6-12(9)14)8-11-4-2-3-7-13-11/h2-4,7,9-10,12,14H,5-6,8H2,1H3. The Morgan fingerprint density at radius 3 is 2.86 bits per heavy atom. The number of nitrogens with zero attached hydrogens (tertiary/aromatic N) is 1. The molecule has 3 unspecified atom stereocenters. The number of pyridine rings is 1. The molecule has 1 aromatic rings.